The SMILES string of the molecule is CCC1(C2CCC(c3ccc(C#N)cc3)CC2)CCCCC1. The molecule has 2 saturated carbocycles. The molecule has 0 amide bonds. The molecule has 2 aliphatic rings. The van der Waals surface area contributed by atoms with E-state index in [1.54, 1.807) is 0 Å². The fourth-order valence-electron chi connectivity index (χ4n) is 5.18. The zero-order valence-corrected chi connectivity index (χ0v) is 14.0. The second-order valence-corrected chi connectivity index (χ2v) is 7.56. The summed E-state index contributed by atoms with van der Waals surface area (Å²) >= 11 is 0. The van der Waals surface area contributed by atoms with Crippen LogP contribution in [0.3, 0.4) is 0 Å². The zero-order chi connectivity index (χ0) is 15.4. The summed E-state index contributed by atoms with van der Waals surface area (Å²) in [6.45, 7) is 2.43. The third-order valence-electron chi connectivity index (χ3n) is 6.66. The van der Waals surface area contributed by atoms with Crippen molar-refractivity contribution < 1.29 is 0 Å². The molecule has 0 saturated heterocycles. The first-order chi connectivity index (χ1) is 10.8. The number of hydrogen-bond donors (Lipinski definition) is 0. The Bertz CT molecular complexity index is 508. The van der Waals surface area contributed by atoms with Gasteiger partial charge in [-0.05, 0) is 73.5 Å². The lowest BCUT2D eigenvalue weighted by atomic mass is 9.59. The molecule has 0 unspecified atom stereocenters. The Balaban J connectivity index is 1.63. The summed E-state index contributed by atoms with van der Waals surface area (Å²) < 4.78 is 0. The van der Waals surface area contributed by atoms with Crippen LogP contribution in [0.1, 0.15) is 88.2 Å². The molecule has 2 aliphatic carbocycles. The summed E-state index contributed by atoms with van der Waals surface area (Å²) in [6, 6.07) is 10.5. The lowest BCUT2D eigenvalue weighted by molar-refractivity contribution is 0.0586. The van der Waals surface area contributed by atoms with Crippen molar-refractivity contribution in [2.45, 2.75) is 77.0 Å². The third-order valence-corrected chi connectivity index (χ3v) is 6.66. The topological polar surface area (TPSA) is 23.8 Å². The Morgan fingerprint density at radius 2 is 1.64 bits per heavy atom. The van der Waals surface area contributed by atoms with Crippen LogP contribution < -0.4 is 0 Å². The molecule has 22 heavy (non-hydrogen) atoms. The van der Waals surface area contributed by atoms with Crippen molar-refractivity contribution in [1.82, 2.24) is 0 Å². The average molecular weight is 295 g/mol. The molecule has 118 valence electrons. The van der Waals surface area contributed by atoms with Gasteiger partial charge in [-0.3, -0.25) is 0 Å². The van der Waals surface area contributed by atoms with E-state index in [-0.39, 0.29) is 0 Å². The molecule has 0 radical (unpaired) electrons. The minimum atomic E-state index is 0.674. The van der Waals surface area contributed by atoms with Crippen LogP contribution in [0.25, 0.3) is 0 Å². The largest absolute Gasteiger partial charge is 0.192 e. The van der Waals surface area contributed by atoms with E-state index in [1.807, 2.05) is 12.1 Å². The van der Waals surface area contributed by atoms with Gasteiger partial charge >= 0.3 is 0 Å². The first-order valence-electron chi connectivity index (χ1n) is 9.27. The molecule has 1 nitrogen and oxygen atoms in total. The van der Waals surface area contributed by atoms with Crippen LogP contribution in [0.5, 0.6) is 0 Å². The van der Waals surface area contributed by atoms with Crippen LogP contribution in [-0.2, 0) is 0 Å². The molecule has 1 aromatic carbocycles. The van der Waals surface area contributed by atoms with Crippen molar-refractivity contribution in [2.75, 3.05) is 0 Å². The van der Waals surface area contributed by atoms with E-state index in [0.717, 1.165) is 17.4 Å². The average Bonchev–Trinajstić information content (AvgIpc) is 2.62. The molecule has 0 aliphatic heterocycles. The van der Waals surface area contributed by atoms with E-state index < -0.39 is 0 Å². The van der Waals surface area contributed by atoms with Crippen molar-refractivity contribution in [2.24, 2.45) is 11.3 Å². The van der Waals surface area contributed by atoms with E-state index in [9.17, 15) is 0 Å². The summed E-state index contributed by atoms with van der Waals surface area (Å²) in [5.41, 5.74) is 2.91. The minimum Gasteiger partial charge on any atom is -0.192 e. The monoisotopic (exact) mass is 295 g/mol. The maximum absolute atomic E-state index is 8.92. The van der Waals surface area contributed by atoms with Gasteiger partial charge in [0.05, 0.1) is 11.6 Å². The molecule has 0 spiro atoms. The van der Waals surface area contributed by atoms with Gasteiger partial charge in [-0.2, -0.15) is 5.26 Å². The molecular formula is C21H29N. The number of nitriles is 1. The van der Waals surface area contributed by atoms with Crippen molar-refractivity contribution in [3.05, 3.63) is 35.4 Å². The first kappa shape index (κ1) is 15.6. The lowest BCUT2D eigenvalue weighted by Crippen LogP contribution is -2.34. The highest BCUT2D eigenvalue weighted by molar-refractivity contribution is 5.33. The Hall–Kier alpha value is -1.29. The fourth-order valence-corrected chi connectivity index (χ4v) is 5.18. The summed E-state index contributed by atoms with van der Waals surface area (Å²) in [5, 5.41) is 8.92. The first-order valence-corrected chi connectivity index (χ1v) is 9.27. The summed E-state index contributed by atoms with van der Waals surface area (Å²) in [5.74, 6) is 1.69. The van der Waals surface area contributed by atoms with Crippen LogP contribution in [-0.4, -0.2) is 0 Å². The van der Waals surface area contributed by atoms with Gasteiger partial charge in [0, 0.05) is 0 Å². The van der Waals surface area contributed by atoms with E-state index in [4.69, 9.17) is 5.26 Å². The molecule has 0 bridgehead atoms. The van der Waals surface area contributed by atoms with Crippen LogP contribution in [0.2, 0.25) is 0 Å². The molecule has 0 N–H and O–H groups in total. The molecular weight excluding hydrogens is 266 g/mol. The van der Waals surface area contributed by atoms with Crippen LogP contribution >= 0.6 is 0 Å². The molecule has 1 heteroatoms. The van der Waals surface area contributed by atoms with Crippen LogP contribution in [0.4, 0.5) is 0 Å². The highest BCUT2D eigenvalue weighted by atomic mass is 14.4. The smallest absolute Gasteiger partial charge is 0.0991 e. The van der Waals surface area contributed by atoms with Crippen molar-refractivity contribution >= 4 is 0 Å². The van der Waals surface area contributed by atoms with Crippen molar-refractivity contribution in [3.63, 3.8) is 0 Å². The number of benzene rings is 1. The van der Waals surface area contributed by atoms with Gasteiger partial charge in [0.25, 0.3) is 0 Å². The second-order valence-electron chi connectivity index (χ2n) is 7.56. The maximum atomic E-state index is 8.92. The Morgan fingerprint density at radius 3 is 2.18 bits per heavy atom. The van der Waals surface area contributed by atoms with E-state index in [2.05, 4.69) is 25.1 Å². The molecule has 2 fully saturated rings. The molecule has 0 aromatic heterocycles. The molecule has 1 aromatic rings. The van der Waals surface area contributed by atoms with Gasteiger partial charge in [-0.15, -0.1) is 0 Å². The minimum absolute atomic E-state index is 0.674. The summed E-state index contributed by atoms with van der Waals surface area (Å²) in [7, 11) is 0. The third kappa shape index (κ3) is 3.07. The standard InChI is InChI=1S/C21H29N/c1-2-21(14-4-3-5-15-21)20-12-10-19(11-13-20)18-8-6-17(16-22)7-9-18/h6-9,19-20H,2-5,10-15H2,1H3. The maximum Gasteiger partial charge on any atom is 0.0991 e. The number of nitrogens with zero attached hydrogens (tertiary/aromatic N) is 1. The number of rotatable bonds is 3. The normalized spacial score (nSPS) is 28.0. The predicted molar refractivity (Wildman–Crippen MR) is 91.7 cm³/mol. The van der Waals surface area contributed by atoms with Gasteiger partial charge in [0.2, 0.25) is 0 Å². The Morgan fingerprint density at radius 1 is 1.00 bits per heavy atom. The number of hydrogen-bond acceptors (Lipinski definition) is 1. The van der Waals surface area contributed by atoms with Gasteiger partial charge in [-0.1, -0.05) is 44.7 Å². The zero-order valence-electron chi connectivity index (χ0n) is 14.0. The summed E-state index contributed by atoms with van der Waals surface area (Å²) in [4.78, 5) is 0. The highest BCUT2D eigenvalue weighted by Crippen LogP contribution is 2.52. The fraction of sp³-hybridized carbons (Fsp3) is 0.667. The Kier molecular flexibility index (Phi) is 4.87. The van der Waals surface area contributed by atoms with Crippen LogP contribution in [0.15, 0.2) is 24.3 Å². The lowest BCUT2D eigenvalue weighted by Gasteiger charge is -2.46. The van der Waals surface area contributed by atoms with Gasteiger partial charge in [0.1, 0.15) is 0 Å². The van der Waals surface area contributed by atoms with Gasteiger partial charge in [0.15, 0.2) is 0 Å². The van der Waals surface area contributed by atoms with E-state index >= 15 is 0 Å². The van der Waals surface area contributed by atoms with E-state index in [0.29, 0.717) is 5.41 Å². The van der Waals surface area contributed by atoms with Gasteiger partial charge in [-0.25, -0.2) is 0 Å². The van der Waals surface area contributed by atoms with E-state index in [1.165, 1.54) is 69.8 Å². The molecule has 0 atom stereocenters. The second kappa shape index (κ2) is 6.86. The van der Waals surface area contributed by atoms with Crippen molar-refractivity contribution in [3.8, 4) is 6.07 Å². The molecule has 3 rings (SSSR count). The molecule has 0 heterocycles. The highest BCUT2D eigenvalue weighted by Gasteiger charge is 2.39. The predicted octanol–water partition coefficient (Wildman–Crippen LogP) is 6.19. The van der Waals surface area contributed by atoms with Gasteiger partial charge < -0.3 is 0 Å². The Labute approximate surface area is 135 Å². The quantitative estimate of drug-likeness (QED) is 0.652. The van der Waals surface area contributed by atoms with Crippen LogP contribution in [0, 0.1) is 22.7 Å². The summed E-state index contributed by atoms with van der Waals surface area (Å²) in [6.07, 6.45) is 14.3. The van der Waals surface area contributed by atoms with Crippen molar-refractivity contribution in [1.29, 1.82) is 5.26 Å².